The summed E-state index contributed by atoms with van der Waals surface area (Å²) in [5.74, 6) is 0.0168. The Morgan fingerprint density at radius 1 is 1.33 bits per heavy atom. The second-order valence-electron chi connectivity index (χ2n) is 3.30. The van der Waals surface area contributed by atoms with Gasteiger partial charge in [0.2, 0.25) is 0 Å². The second-order valence-corrected chi connectivity index (χ2v) is 4.88. The van der Waals surface area contributed by atoms with Crippen molar-refractivity contribution in [3.63, 3.8) is 0 Å². The molecule has 0 spiro atoms. The average Bonchev–Trinajstić information content (AvgIpc) is 2.18. The van der Waals surface area contributed by atoms with Crippen LogP contribution in [0, 0.1) is 6.92 Å². The average molecular weight is 226 g/mol. The summed E-state index contributed by atoms with van der Waals surface area (Å²) in [5, 5.41) is 8.55. The van der Waals surface area contributed by atoms with Gasteiger partial charge in [0.15, 0.2) is 5.78 Å². The molecule has 0 heterocycles. The fourth-order valence-corrected chi connectivity index (χ4v) is 1.95. The van der Waals surface area contributed by atoms with Gasteiger partial charge in [-0.2, -0.15) is 0 Å². The molecule has 1 N–H and O–H groups in total. The van der Waals surface area contributed by atoms with E-state index in [4.69, 9.17) is 5.11 Å². The minimum Gasteiger partial charge on any atom is -0.395 e. The molecule has 1 unspecified atom stereocenters. The second kappa shape index (κ2) is 5.78. The molecule has 1 aromatic rings. The maximum Gasteiger partial charge on any atom is 0.175 e. The molecule has 0 saturated heterocycles. The lowest BCUT2D eigenvalue weighted by Gasteiger charge is -2.01. The van der Waals surface area contributed by atoms with E-state index in [0.717, 1.165) is 5.56 Å². The van der Waals surface area contributed by atoms with Crippen LogP contribution in [0.25, 0.3) is 0 Å². The van der Waals surface area contributed by atoms with Gasteiger partial charge in [-0.1, -0.05) is 29.8 Å². The van der Waals surface area contributed by atoms with Crippen molar-refractivity contribution in [1.82, 2.24) is 0 Å². The standard InChI is InChI=1S/C11H14O3S/c1-9-2-4-10(5-3-9)11(13)8-15(14)7-6-12/h2-5,12H,6-8H2,1H3. The van der Waals surface area contributed by atoms with E-state index in [1.165, 1.54) is 0 Å². The fourth-order valence-electron chi connectivity index (χ4n) is 1.14. The van der Waals surface area contributed by atoms with Gasteiger partial charge in [0.25, 0.3) is 0 Å². The van der Waals surface area contributed by atoms with Crippen LogP contribution in [0.1, 0.15) is 15.9 Å². The Morgan fingerprint density at radius 3 is 2.47 bits per heavy atom. The van der Waals surface area contributed by atoms with Crippen LogP contribution in [0.5, 0.6) is 0 Å². The first-order chi connectivity index (χ1) is 7.13. The monoisotopic (exact) mass is 226 g/mol. The molecule has 0 aliphatic rings. The fraction of sp³-hybridized carbons (Fsp3) is 0.364. The molecule has 0 amide bonds. The minimum atomic E-state index is -1.26. The molecule has 0 aliphatic carbocycles. The molecule has 1 atom stereocenters. The smallest absolute Gasteiger partial charge is 0.175 e. The van der Waals surface area contributed by atoms with E-state index in [9.17, 15) is 9.00 Å². The van der Waals surface area contributed by atoms with Crippen molar-refractivity contribution in [3.8, 4) is 0 Å². The minimum absolute atomic E-state index is 0.0103. The quantitative estimate of drug-likeness (QED) is 0.760. The molecular formula is C11H14O3S. The van der Waals surface area contributed by atoms with E-state index < -0.39 is 10.8 Å². The highest BCUT2D eigenvalue weighted by Gasteiger charge is 2.09. The summed E-state index contributed by atoms with van der Waals surface area (Å²) in [7, 11) is -1.26. The number of carbonyl (C=O) groups is 1. The van der Waals surface area contributed by atoms with Crippen LogP contribution in [0.15, 0.2) is 24.3 Å². The Kier molecular flexibility index (Phi) is 4.65. The number of aryl methyl sites for hydroxylation is 1. The lowest BCUT2D eigenvalue weighted by Crippen LogP contribution is -2.14. The predicted octanol–water partition coefficient (Wildman–Crippen LogP) is 0.919. The van der Waals surface area contributed by atoms with E-state index in [0.29, 0.717) is 5.56 Å². The van der Waals surface area contributed by atoms with Gasteiger partial charge in [0.1, 0.15) is 0 Å². The molecule has 1 rings (SSSR count). The third-order valence-corrected chi connectivity index (χ3v) is 3.21. The molecule has 0 bridgehead atoms. The first-order valence-electron chi connectivity index (χ1n) is 4.69. The Hall–Kier alpha value is -1.00. The first-order valence-corrected chi connectivity index (χ1v) is 6.18. The summed E-state index contributed by atoms with van der Waals surface area (Å²) < 4.78 is 11.2. The van der Waals surface area contributed by atoms with Crippen molar-refractivity contribution in [1.29, 1.82) is 0 Å². The van der Waals surface area contributed by atoms with Crippen LogP contribution in [-0.2, 0) is 10.8 Å². The first kappa shape index (κ1) is 12.1. The Morgan fingerprint density at radius 2 is 1.93 bits per heavy atom. The van der Waals surface area contributed by atoms with Gasteiger partial charge >= 0.3 is 0 Å². The van der Waals surface area contributed by atoms with Crippen molar-refractivity contribution in [3.05, 3.63) is 35.4 Å². The number of aliphatic hydroxyl groups excluding tert-OH is 1. The molecular weight excluding hydrogens is 212 g/mol. The van der Waals surface area contributed by atoms with E-state index in [2.05, 4.69) is 0 Å². The van der Waals surface area contributed by atoms with Crippen LogP contribution in [-0.4, -0.2) is 33.2 Å². The van der Waals surface area contributed by atoms with E-state index in [1.807, 2.05) is 19.1 Å². The van der Waals surface area contributed by atoms with Crippen molar-refractivity contribution < 1.29 is 14.1 Å². The van der Waals surface area contributed by atoms with Gasteiger partial charge in [0, 0.05) is 22.1 Å². The number of ketones is 1. The van der Waals surface area contributed by atoms with Crippen molar-refractivity contribution in [2.24, 2.45) is 0 Å². The molecule has 1 aromatic carbocycles. The van der Waals surface area contributed by atoms with Crippen molar-refractivity contribution in [2.75, 3.05) is 18.1 Å². The number of hydrogen-bond donors (Lipinski definition) is 1. The molecule has 3 nitrogen and oxygen atoms in total. The van der Waals surface area contributed by atoms with Gasteiger partial charge in [-0.25, -0.2) is 0 Å². The summed E-state index contributed by atoms with van der Waals surface area (Å²) in [5.41, 5.74) is 1.66. The zero-order valence-electron chi connectivity index (χ0n) is 8.60. The number of carbonyl (C=O) groups excluding carboxylic acids is 1. The number of benzene rings is 1. The maximum atomic E-state index is 11.6. The van der Waals surface area contributed by atoms with E-state index in [-0.39, 0.29) is 23.9 Å². The summed E-state index contributed by atoms with van der Waals surface area (Å²) in [6, 6.07) is 7.16. The van der Waals surface area contributed by atoms with Gasteiger partial charge < -0.3 is 5.11 Å². The van der Waals surface area contributed by atoms with E-state index >= 15 is 0 Å². The molecule has 15 heavy (non-hydrogen) atoms. The molecule has 82 valence electrons. The molecule has 0 aromatic heterocycles. The van der Waals surface area contributed by atoms with Gasteiger partial charge in [-0.05, 0) is 6.92 Å². The zero-order chi connectivity index (χ0) is 11.3. The maximum absolute atomic E-state index is 11.6. The molecule has 0 radical (unpaired) electrons. The Balaban J connectivity index is 2.61. The van der Waals surface area contributed by atoms with Crippen LogP contribution < -0.4 is 0 Å². The Bertz CT molecular complexity index is 357. The SMILES string of the molecule is Cc1ccc(C(=O)CS(=O)CCO)cc1. The van der Waals surface area contributed by atoms with E-state index in [1.54, 1.807) is 12.1 Å². The largest absolute Gasteiger partial charge is 0.395 e. The summed E-state index contributed by atoms with van der Waals surface area (Å²) in [6.07, 6.45) is 0. The summed E-state index contributed by atoms with van der Waals surface area (Å²) in [4.78, 5) is 11.6. The van der Waals surface area contributed by atoms with Gasteiger partial charge in [0.05, 0.1) is 12.4 Å². The lowest BCUT2D eigenvalue weighted by atomic mass is 10.1. The van der Waals surface area contributed by atoms with Crippen LogP contribution in [0.4, 0.5) is 0 Å². The van der Waals surface area contributed by atoms with Crippen molar-refractivity contribution >= 4 is 16.6 Å². The van der Waals surface area contributed by atoms with Gasteiger partial charge in [-0.3, -0.25) is 9.00 Å². The lowest BCUT2D eigenvalue weighted by molar-refractivity contribution is 0.102. The number of hydrogen-bond acceptors (Lipinski definition) is 3. The highest BCUT2D eigenvalue weighted by Crippen LogP contribution is 2.04. The third-order valence-electron chi connectivity index (χ3n) is 1.98. The number of aliphatic hydroxyl groups is 1. The van der Waals surface area contributed by atoms with Crippen LogP contribution in [0.3, 0.4) is 0 Å². The molecule has 4 heteroatoms. The molecule has 0 saturated carbocycles. The summed E-state index contributed by atoms with van der Waals surface area (Å²) >= 11 is 0. The topological polar surface area (TPSA) is 54.4 Å². The number of Topliss-reactive ketones (excluding diaryl/α,β-unsaturated/α-hetero) is 1. The normalized spacial score (nSPS) is 12.4. The van der Waals surface area contributed by atoms with Crippen molar-refractivity contribution in [2.45, 2.75) is 6.92 Å². The zero-order valence-corrected chi connectivity index (χ0v) is 9.42. The third kappa shape index (κ3) is 3.93. The number of rotatable bonds is 5. The summed E-state index contributed by atoms with van der Waals surface area (Å²) in [6.45, 7) is 1.80. The predicted molar refractivity (Wildman–Crippen MR) is 60.5 cm³/mol. The highest BCUT2D eigenvalue weighted by molar-refractivity contribution is 7.85. The molecule has 0 fully saturated rings. The molecule has 0 aliphatic heterocycles. The van der Waals surface area contributed by atoms with Crippen LogP contribution >= 0.6 is 0 Å². The van der Waals surface area contributed by atoms with Crippen LogP contribution in [0.2, 0.25) is 0 Å². The highest BCUT2D eigenvalue weighted by atomic mass is 32.2. The van der Waals surface area contributed by atoms with Gasteiger partial charge in [-0.15, -0.1) is 0 Å². The Labute approximate surface area is 91.6 Å².